The molecule has 86 valence electrons. The van der Waals surface area contributed by atoms with Crippen LogP contribution in [-0.2, 0) is 6.54 Å². The Bertz CT molecular complexity index is 452. The normalized spacial score (nSPS) is 10.6. The van der Waals surface area contributed by atoms with Gasteiger partial charge < -0.3 is 5.32 Å². The summed E-state index contributed by atoms with van der Waals surface area (Å²) in [5, 5.41) is 13.1. The largest absolute Gasteiger partial charge is 0.374 e. The highest BCUT2D eigenvalue weighted by molar-refractivity contribution is 7.10. The van der Waals surface area contributed by atoms with Crippen LogP contribution in [-0.4, -0.2) is 25.9 Å². The molecule has 0 bridgehead atoms. The highest BCUT2D eigenvalue weighted by atomic mass is 35.5. The minimum atomic E-state index is 0.593. The van der Waals surface area contributed by atoms with E-state index >= 15 is 0 Å². The van der Waals surface area contributed by atoms with Gasteiger partial charge in [0.25, 0.3) is 0 Å². The zero-order chi connectivity index (χ0) is 11.4. The van der Waals surface area contributed by atoms with Gasteiger partial charge in [-0.15, -0.1) is 5.10 Å². The summed E-state index contributed by atoms with van der Waals surface area (Å²) >= 11 is 7.16. The number of nitrogens with zero attached hydrogens (tertiary/aromatic N) is 4. The molecule has 16 heavy (non-hydrogen) atoms. The van der Waals surface area contributed by atoms with Crippen molar-refractivity contribution in [3.63, 3.8) is 0 Å². The van der Waals surface area contributed by atoms with E-state index in [4.69, 9.17) is 11.6 Å². The van der Waals surface area contributed by atoms with Crippen molar-refractivity contribution in [1.29, 1.82) is 0 Å². The van der Waals surface area contributed by atoms with Crippen molar-refractivity contribution in [1.82, 2.24) is 19.4 Å². The summed E-state index contributed by atoms with van der Waals surface area (Å²) in [6.45, 7) is 3.64. The van der Waals surface area contributed by atoms with E-state index in [1.165, 1.54) is 11.5 Å². The lowest BCUT2D eigenvalue weighted by Crippen LogP contribution is -2.05. The first-order valence-electron chi connectivity index (χ1n) is 5.02. The van der Waals surface area contributed by atoms with E-state index in [0.717, 1.165) is 23.7 Å². The molecule has 0 atom stereocenters. The predicted molar refractivity (Wildman–Crippen MR) is 65.0 cm³/mol. The second kappa shape index (κ2) is 5.27. The van der Waals surface area contributed by atoms with Crippen molar-refractivity contribution in [3.05, 3.63) is 23.1 Å². The van der Waals surface area contributed by atoms with E-state index in [9.17, 15) is 0 Å². The molecule has 0 aliphatic carbocycles. The molecule has 0 aliphatic heterocycles. The van der Waals surface area contributed by atoms with Gasteiger partial charge in [-0.25, -0.2) is 0 Å². The fourth-order valence-electron chi connectivity index (χ4n) is 1.26. The molecule has 7 heteroatoms. The molecule has 0 aliphatic rings. The summed E-state index contributed by atoms with van der Waals surface area (Å²) in [6, 6.07) is 0. The average Bonchev–Trinajstić information content (AvgIpc) is 2.86. The van der Waals surface area contributed by atoms with Crippen LogP contribution in [0, 0.1) is 0 Å². The molecular formula is C9H12ClN5S. The highest BCUT2D eigenvalue weighted by Gasteiger charge is 2.08. The lowest BCUT2D eigenvalue weighted by atomic mass is 10.4. The van der Waals surface area contributed by atoms with Crippen molar-refractivity contribution in [2.45, 2.75) is 19.9 Å². The fraction of sp³-hybridized carbons (Fsp3) is 0.444. The maximum absolute atomic E-state index is 5.79. The van der Waals surface area contributed by atoms with Crippen molar-refractivity contribution in [3.8, 4) is 0 Å². The van der Waals surface area contributed by atoms with Crippen LogP contribution in [0.1, 0.15) is 19.0 Å². The topological polar surface area (TPSA) is 55.6 Å². The minimum Gasteiger partial charge on any atom is -0.374 e. The quantitative estimate of drug-likeness (QED) is 0.893. The van der Waals surface area contributed by atoms with Crippen molar-refractivity contribution in [2.75, 3.05) is 11.9 Å². The molecule has 0 radical (unpaired) electrons. The molecule has 2 rings (SSSR count). The molecule has 1 N–H and O–H groups in total. The van der Waals surface area contributed by atoms with Crippen LogP contribution >= 0.6 is 23.1 Å². The van der Waals surface area contributed by atoms with Gasteiger partial charge in [0, 0.05) is 24.3 Å². The Balaban J connectivity index is 2.06. The first kappa shape index (κ1) is 11.3. The lowest BCUT2D eigenvalue weighted by molar-refractivity contribution is 0.671. The van der Waals surface area contributed by atoms with E-state index < -0.39 is 0 Å². The monoisotopic (exact) mass is 257 g/mol. The van der Waals surface area contributed by atoms with Gasteiger partial charge in [-0.2, -0.15) is 5.10 Å². The highest BCUT2D eigenvalue weighted by Crippen LogP contribution is 2.18. The number of nitrogens with one attached hydrogen (secondary N) is 1. The van der Waals surface area contributed by atoms with Crippen LogP contribution in [0.2, 0.25) is 5.02 Å². The van der Waals surface area contributed by atoms with Crippen LogP contribution in [0.25, 0.3) is 0 Å². The van der Waals surface area contributed by atoms with Gasteiger partial charge in [0.05, 0.1) is 17.8 Å². The molecule has 2 aromatic rings. The molecule has 0 saturated carbocycles. The molecule has 2 aromatic heterocycles. The smallest absolute Gasteiger partial charge is 0.135 e. The van der Waals surface area contributed by atoms with Gasteiger partial charge in [0.2, 0.25) is 0 Å². The number of halogens is 1. The lowest BCUT2D eigenvalue weighted by Gasteiger charge is -2.03. The number of aromatic nitrogens is 4. The zero-order valence-corrected chi connectivity index (χ0v) is 10.4. The molecule has 0 unspecified atom stereocenters. The Hall–Kier alpha value is -1.14. The second-order valence-electron chi connectivity index (χ2n) is 3.33. The third kappa shape index (κ3) is 2.70. The number of hydrogen-bond donors (Lipinski definition) is 1. The fourth-order valence-corrected chi connectivity index (χ4v) is 2.02. The van der Waals surface area contributed by atoms with Gasteiger partial charge in [-0.05, 0) is 6.42 Å². The van der Waals surface area contributed by atoms with Gasteiger partial charge in [-0.1, -0.05) is 23.0 Å². The van der Waals surface area contributed by atoms with Crippen LogP contribution < -0.4 is 5.32 Å². The SMILES string of the molecule is CCCNc1snnc1Cn1cc(Cl)cn1. The molecular weight excluding hydrogens is 246 g/mol. The molecule has 0 saturated heterocycles. The first-order chi connectivity index (χ1) is 7.79. The number of hydrogen-bond acceptors (Lipinski definition) is 5. The van der Waals surface area contributed by atoms with Crippen LogP contribution in [0.15, 0.2) is 12.4 Å². The molecule has 0 amide bonds. The Labute approximate surface area is 103 Å². The van der Waals surface area contributed by atoms with Gasteiger partial charge in [0.15, 0.2) is 0 Å². The summed E-state index contributed by atoms with van der Waals surface area (Å²) in [4.78, 5) is 0. The molecule has 5 nitrogen and oxygen atoms in total. The summed E-state index contributed by atoms with van der Waals surface area (Å²) < 4.78 is 5.68. The average molecular weight is 258 g/mol. The Morgan fingerprint density at radius 1 is 1.56 bits per heavy atom. The minimum absolute atomic E-state index is 0.593. The molecule has 0 spiro atoms. The summed E-state index contributed by atoms with van der Waals surface area (Å²) in [5.74, 6) is 0. The third-order valence-electron chi connectivity index (χ3n) is 2.00. The Morgan fingerprint density at radius 3 is 3.12 bits per heavy atom. The molecule has 2 heterocycles. The Morgan fingerprint density at radius 2 is 2.44 bits per heavy atom. The number of anilines is 1. The summed E-state index contributed by atoms with van der Waals surface area (Å²) in [6.07, 6.45) is 4.45. The van der Waals surface area contributed by atoms with Crippen molar-refractivity contribution >= 4 is 28.1 Å². The maximum atomic E-state index is 5.79. The van der Waals surface area contributed by atoms with E-state index in [0.29, 0.717) is 11.6 Å². The Kier molecular flexibility index (Phi) is 3.74. The standard InChI is InChI=1S/C9H12ClN5S/c1-2-3-11-9-8(13-14-16-9)6-15-5-7(10)4-12-15/h4-5,11H,2-3,6H2,1H3. The van der Waals surface area contributed by atoms with Gasteiger partial charge in [-0.3, -0.25) is 4.68 Å². The molecule has 0 fully saturated rings. The predicted octanol–water partition coefficient (Wildman–Crippen LogP) is 2.26. The van der Waals surface area contributed by atoms with E-state index in [1.54, 1.807) is 17.1 Å². The summed E-state index contributed by atoms with van der Waals surface area (Å²) in [7, 11) is 0. The van der Waals surface area contributed by atoms with E-state index in [-0.39, 0.29) is 0 Å². The first-order valence-corrected chi connectivity index (χ1v) is 6.17. The number of rotatable bonds is 5. The van der Waals surface area contributed by atoms with Crippen LogP contribution in [0.4, 0.5) is 5.00 Å². The van der Waals surface area contributed by atoms with Gasteiger partial charge in [0.1, 0.15) is 10.7 Å². The van der Waals surface area contributed by atoms with Crippen molar-refractivity contribution < 1.29 is 0 Å². The van der Waals surface area contributed by atoms with E-state index in [1.807, 2.05) is 0 Å². The zero-order valence-electron chi connectivity index (χ0n) is 8.85. The van der Waals surface area contributed by atoms with E-state index in [2.05, 4.69) is 26.9 Å². The second-order valence-corrected chi connectivity index (χ2v) is 4.52. The van der Waals surface area contributed by atoms with Crippen LogP contribution in [0.5, 0.6) is 0 Å². The molecule has 0 aromatic carbocycles. The maximum Gasteiger partial charge on any atom is 0.135 e. The van der Waals surface area contributed by atoms with Crippen molar-refractivity contribution in [2.24, 2.45) is 0 Å². The van der Waals surface area contributed by atoms with Crippen LogP contribution in [0.3, 0.4) is 0 Å². The third-order valence-corrected chi connectivity index (χ3v) is 2.93. The van der Waals surface area contributed by atoms with Gasteiger partial charge >= 0.3 is 0 Å². The summed E-state index contributed by atoms with van der Waals surface area (Å²) in [5.41, 5.74) is 0.901.